The number of ether oxygens (including phenoxy) is 1. The molecule has 6 nitrogen and oxygen atoms in total. The minimum Gasteiger partial charge on any atom is -0.364 e. The first-order valence-electron chi connectivity index (χ1n) is 9.07. The summed E-state index contributed by atoms with van der Waals surface area (Å²) in [6.45, 7) is 3.20. The summed E-state index contributed by atoms with van der Waals surface area (Å²) in [5.41, 5.74) is 4.85. The zero-order chi connectivity index (χ0) is 16.7. The lowest BCUT2D eigenvalue weighted by Crippen LogP contribution is -2.61. The monoisotopic (exact) mass is 325 g/mol. The van der Waals surface area contributed by atoms with Gasteiger partial charge in [-0.2, -0.15) is 0 Å². The van der Waals surface area contributed by atoms with Crippen molar-refractivity contribution in [1.82, 2.24) is 10.6 Å². The highest BCUT2D eigenvalue weighted by atomic mass is 16.5. The van der Waals surface area contributed by atoms with E-state index in [4.69, 9.17) is 10.5 Å². The van der Waals surface area contributed by atoms with Gasteiger partial charge in [0.25, 0.3) is 0 Å². The van der Waals surface area contributed by atoms with Crippen LogP contribution in [0.15, 0.2) is 0 Å². The molecule has 4 N–H and O–H groups in total. The summed E-state index contributed by atoms with van der Waals surface area (Å²) >= 11 is 0. The summed E-state index contributed by atoms with van der Waals surface area (Å²) in [5, 5.41) is 6.02. The second-order valence-corrected chi connectivity index (χ2v) is 6.80. The maximum Gasteiger partial charge on any atom is 0.250 e. The predicted molar refractivity (Wildman–Crippen MR) is 88.8 cm³/mol. The minimum absolute atomic E-state index is 0.0348. The molecule has 2 amide bonds. The van der Waals surface area contributed by atoms with Crippen LogP contribution in [0.4, 0.5) is 0 Å². The first kappa shape index (κ1) is 18.2. The number of hydrogen-bond donors (Lipinski definition) is 3. The van der Waals surface area contributed by atoms with Crippen molar-refractivity contribution in [2.75, 3.05) is 13.1 Å². The van der Waals surface area contributed by atoms with Crippen LogP contribution in [0.3, 0.4) is 0 Å². The second-order valence-electron chi connectivity index (χ2n) is 6.80. The van der Waals surface area contributed by atoms with Crippen LogP contribution in [0.2, 0.25) is 0 Å². The van der Waals surface area contributed by atoms with E-state index in [1.807, 2.05) is 0 Å². The smallest absolute Gasteiger partial charge is 0.250 e. The molecule has 1 saturated carbocycles. The molecule has 0 radical (unpaired) electrons. The van der Waals surface area contributed by atoms with E-state index in [-0.39, 0.29) is 17.9 Å². The molecule has 0 aromatic carbocycles. The van der Waals surface area contributed by atoms with Gasteiger partial charge in [0.05, 0.1) is 6.10 Å². The number of carbonyl (C=O) groups excluding carboxylic acids is 2. The van der Waals surface area contributed by atoms with Crippen molar-refractivity contribution in [1.29, 1.82) is 0 Å². The number of unbranched alkanes of at least 4 members (excludes halogenated alkanes) is 1. The van der Waals surface area contributed by atoms with Gasteiger partial charge in [0.15, 0.2) is 0 Å². The maximum atomic E-state index is 12.7. The maximum absolute atomic E-state index is 12.7. The molecule has 0 bridgehead atoms. The van der Waals surface area contributed by atoms with Gasteiger partial charge in [-0.1, -0.05) is 32.6 Å². The zero-order valence-electron chi connectivity index (χ0n) is 14.2. The van der Waals surface area contributed by atoms with E-state index in [0.29, 0.717) is 32.4 Å². The molecule has 0 aromatic rings. The number of hydrogen-bond acceptors (Lipinski definition) is 4. The van der Waals surface area contributed by atoms with Gasteiger partial charge in [-0.15, -0.1) is 0 Å². The largest absolute Gasteiger partial charge is 0.364 e. The lowest BCUT2D eigenvalue weighted by Gasteiger charge is -2.37. The lowest BCUT2D eigenvalue weighted by atomic mass is 9.80. The highest BCUT2D eigenvalue weighted by Gasteiger charge is 2.43. The van der Waals surface area contributed by atoms with Gasteiger partial charge in [0.1, 0.15) is 11.6 Å². The molecule has 1 heterocycles. The Morgan fingerprint density at radius 1 is 1.22 bits per heavy atom. The van der Waals surface area contributed by atoms with E-state index in [1.165, 1.54) is 0 Å². The molecule has 23 heavy (non-hydrogen) atoms. The molecular weight excluding hydrogens is 294 g/mol. The Hall–Kier alpha value is -1.14. The Labute approximate surface area is 138 Å². The second kappa shape index (κ2) is 8.64. The molecular formula is C17H31N3O3. The Balaban J connectivity index is 1.97. The Morgan fingerprint density at radius 3 is 2.57 bits per heavy atom. The fourth-order valence-corrected chi connectivity index (χ4v) is 3.50. The van der Waals surface area contributed by atoms with E-state index in [9.17, 15) is 9.59 Å². The average Bonchev–Trinajstić information content (AvgIpc) is 3.05. The molecule has 0 unspecified atom stereocenters. The number of rotatable bonds is 7. The molecule has 1 aliphatic carbocycles. The number of amides is 2. The van der Waals surface area contributed by atoms with Gasteiger partial charge in [-0.25, -0.2) is 0 Å². The van der Waals surface area contributed by atoms with E-state index in [2.05, 4.69) is 17.6 Å². The molecule has 2 fully saturated rings. The van der Waals surface area contributed by atoms with Crippen molar-refractivity contribution in [2.45, 2.75) is 82.5 Å². The van der Waals surface area contributed by atoms with Crippen molar-refractivity contribution < 1.29 is 14.3 Å². The van der Waals surface area contributed by atoms with Crippen LogP contribution < -0.4 is 16.4 Å². The van der Waals surface area contributed by atoms with Crippen LogP contribution in [-0.4, -0.2) is 42.7 Å². The predicted octanol–water partition coefficient (Wildman–Crippen LogP) is 1.23. The van der Waals surface area contributed by atoms with Crippen LogP contribution in [0, 0.1) is 0 Å². The van der Waals surface area contributed by atoms with Crippen molar-refractivity contribution in [2.24, 2.45) is 5.73 Å². The van der Waals surface area contributed by atoms with Gasteiger partial charge in [-0.05, 0) is 32.1 Å². The molecule has 0 spiro atoms. The molecule has 0 aromatic heterocycles. The number of nitrogens with two attached hydrogens (primary N) is 1. The molecule has 2 aliphatic rings. The third-order valence-corrected chi connectivity index (χ3v) is 4.98. The molecule has 1 aliphatic heterocycles. The third kappa shape index (κ3) is 4.67. The summed E-state index contributed by atoms with van der Waals surface area (Å²) in [4.78, 5) is 25.2. The van der Waals surface area contributed by atoms with Crippen LogP contribution in [-0.2, 0) is 14.3 Å². The van der Waals surface area contributed by atoms with Crippen LogP contribution in [0.25, 0.3) is 0 Å². The number of nitrogens with one attached hydrogen (secondary N) is 2. The fourth-order valence-electron chi connectivity index (χ4n) is 3.50. The Kier molecular flexibility index (Phi) is 6.84. The minimum atomic E-state index is -0.757. The highest BCUT2D eigenvalue weighted by molar-refractivity contribution is 5.93. The SMILES string of the molecule is CCCCNC(=O)C1(NC(=O)[C@@H]2CC[C@H](CN)O2)CCCCC1. The molecule has 132 valence electrons. The van der Waals surface area contributed by atoms with Crippen LogP contribution in [0.1, 0.15) is 64.7 Å². The van der Waals surface area contributed by atoms with Crippen molar-refractivity contribution in [3.05, 3.63) is 0 Å². The first-order chi connectivity index (χ1) is 11.1. The van der Waals surface area contributed by atoms with Crippen molar-refractivity contribution in [3.8, 4) is 0 Å². The van der Waals surface area contributed by atoms with Gasteiger partial charge in [-0.3, -0.25) is 9.59 Å². The first-order valence-corrected chi connectivity index (χ1v) is 9.07. The molecule has 2 rings (SSSR count). The van der Waals surface area contributed by atoms with E-state index < -0.39 is 11.6 Å². The van der Waals surface area contributed by atoms with Crippen molar-refractivity contribution >= 4 is 11.8 Å². The van der Waals surface area contributed by atoms with E-state index in [0.717, 1.165) is 38.5 Å². The molecule has 6 heteroatoms. The van der Waals surface area contributed by atoms with Gasteiger partial charge < -0.3 is 21.1 Å². The van der Waals surface area contributed by atoms with Gasteiger partial charge in [0.2, 0.25) is 11.8 Å². The molecule has 1 saturated heterocycles. The van der Waals surface area contributed by atoms with Crippen molar-refractivity contribution in [3.63, 3.8) is 0 Å². The lowest BCUT2D eigenvalue weighted by molar-refractivity contribution is -0.140. The van der Waals surface area contributed by atoms with Crippen LogP contribution in [0.5, 0.6) is 0 Å². The van der Waals surface area contributed by atoms with Crippen LogP contribution >= 0.6 is 0 Å². The third-order valence-electron chi connectivity index (χ3n) is 4.98. The summed E-state index contributed by atoms with van der Waals surface area (Å²) < 4.78 is 5.67. The van der Waals surface area contributed by atoms with E-state index in [1.54, 1.807) is 0 Å². The Bertz CT molecular complexity index is 408. The summed E-state index contributed by atoms with van der Waals surface area (Å²) in [5.74, 6) is -0.194. The quantitative estimate of drug-likeness (QED) is 0.614. The van der Waals surface area contributed by atoms with Gasteiger partial charge in [0, 0.05) is 13.1 Å². The van der Waals surface area contributed by atoms with E-state index >= 15 is 0 Å². The summed E-state index contributed by atoms with van der Waals surface area (Å²) in [7, 11) is 0. The zero-order valence-corrected chi connectivity index (χ0v) is 14.2. The highest BCUT2D eigenvalue weighted by Crippen LogP contribution is 2.29. The normalized spacial score (nSPS) is 26.7. The average molecular weight is 325 g/mol. The Morgan fingerprint density at radius 2 is 1.96 bits per heavy atom. The molecule has 2 atom stereocenters. The topological polar surface area (TPSA) is 93.5 Å². The fraction of sp³-hybridized carbons (Fsp3) is 0.882. The summed E-state index contributed by atoms with van der Waals surface area (Å²) in [6, 6.07) is 0. The van der Waals surface area contributed by atoms with Gasteiger partial charge >= 0.3 is 0 Å². The summed E-state index contributed by atoms with van der Waals surface area (Å²) in [6.07, 6.45) is 7.47. The standard InChI is InChI=1S/C17H31N3O3/c1-2-3-11-19-16(22)17(9-5-4-6-10-17)20-15(21)14-8-7-13(12-18)23-14/h13-14H,2-12,18H2,1H3,(H,19,22)(H,20,21)/t13-,14+/m1/s1. The number of carbonyl (C=O) groups is 2.